The Balaban J connectivity index is 2.48. The van der Waals surface area contributed by atoms with Gasteiger partial charge in [-0.3, -0.25) is 0 Å². The number of nitrogen functional groups attached to an aromatic ring is 1. The summed E-state index contributed by atoms with van der Waals surface area (Å²) in [5.41, 5.74) is 5.78. The maximum atomic E-state index is 5.78. The molecule has 0 aliphatic rings. The number of hydrogen-bond donors (Lipinski definition) is 2. The van der Waals surface area contributed by atoms with Gasteiger partial charge in [0.15, 0.2) is 5.82 Å². The largest absolute Gasteiger partial charge is 0.384 e. The molecule has 0 aliphatic carbocycles. The van der Waals surface area contributed by atoms with Crippen LogP contribution in [0.5, 0.6) is 0 Å². The highest BCUT2D eigenvalue weighted by Crippen LogP contribution is 2.09. The molecule has 0 saturated heterocycles. The van der Waals surface area contributed by atoms with Crippen molar-refractivity contribution in [3.63, 3.8) is 0 Å². The zero-order valence-electron chi connectivity index (χ0n) is 13.0. The fourth-order valence-electron chi connectivity index (χ4n) is 1.76. The van der Waals surface area contributed by atoms with E-state index in [1.165, 1.54) is 0 Å². The van der Waals surface area contributed by atoms with E-state index in [0.29, 0.717) is 30.9 Å². The normalized spacial score (nSPS) is 12.7. The summed E-state index contributed by atoms with van der Waals surface area (Å²) in [6, 6.07) is 2.33. The maximum Gasteiger partial charge on any atom is 0.158 e. The Morgan fingerprint density at radius 3 is 2.80 bits per heavy atom. The van der Waals surface area contributed by atoms with Crippen LogP contribution >= 0.6 is 0 Å². The van der Waals surface area contributed by atoms with Crippen molar-refractivity contribution < 1.29 is 4.74 Å². The lowest BCUT2D eigenvalue weighted by Crippen LogP contribution is -2.32. The zero-order chi connectivity index (χ0) is 15.0. The molecule has 3 N–H and O–H groups in total. The lowest BCUT2D eigenvalue weighted by Gasteiger charge is -2.23. The molecule has 0 spiro atoms. The number of hydrogen-bond acceptors (Lipinski definition) is 6. The van der Waals surface area contributed by atoms with Crippen molar-refractivity contribution in [2.75, 3.05) is 37.8 Å². The van der Waals surface area contributed by atoms with Gasteiger partial charge >= 0.3 is 0 Å². The summed E-state index contributed by atoms with van der Waals surface area (Å²) >= 11 is 0. The van der Waals surface area contributed by atoms with Crippen molar-refractivity contribution in [3.8, 4) is 0 Å². The molecule has 0 aliphatic heterocycles. The van der Waals surface area contributed by atoms with E-state index in [1.54, 1.807) is 6.07 Å². The molecular weight excluding hydrogens is 254 g/mol. The number of likely N-dealkylation sites (N-methyl/N-ethyl adjacent to an activating group) is 1. The Kier molecular flexibility index (Phi) is 7.25. The van der Waals surface area contributed by atoms with Crippen LogP contribution in [0.4, 0.5) is 11.6 Å². The topological polar surface area (TPSA) is 76.3 Å². The first-order valence-electron chi connectivity index (χ1n) is 7.22. The summed E-state index contributed by atoms with van der Waals surface area (Å²) < 4.78 is 5.30. The highest BCUT2D eigenvalue weighted by molar-refractivity contribution is 5.44. The molecule has 0 radical (unpaired) electrons. The van der Waals surface area contributed by atoms with Crippen LogP contribution in [0.1, 0.15) is 33.0 Å². The summed E-state index contributed by atoms with van der Waals surface area (Å²) in [5, 5.41) is 3.28. The smallest absolute Gasteiger partial charge is 0.158 e. The van der Waals surface area contributed by atoms with E-state index < -0.39 is 0 Å². The molecule has 20 heavy (non-hydrogen) atoms. The van der Waals surface area contributed by atoms with Crippen molar-refractivity contribution in [2.45, 2.75) is 39.8 Å². The Bertz CT molecular complexity index is 399. The zero-order valence-corrected chi connectivity index (χ0v) is 13.0. The average molecular weight is 281 g/mol. The van der Waals surface area contributed by atoms with E-state index in [1.807, 2.05) is 6.92 Å². The second kappa shape index (κ2) is 8.71. The van der Waals surface area contributed by atoms with Crippen LogP contribution in [0.15, 0.2) is 6.07 Å². The van der Waals surface area contributed by atoms with Gasteiger partial charge in [0.05, 0.1) is 0 Å². The molecule has 0 fully saturated rings. The molecule has 1 aromatic rings. The van der Waals surface area contributed by atoms with Crippen LogP contribution in [0.3, 0.4) is 0 Å². The van der Waals surface area contributed by atoms with Crippen molar-refractivity contribution >= 4 is 11.6 Å². The summed E-state index contributed by atoms with van der Waals surface area (Å²) in [4.78, 5) is 10.9. The van der Waals surface area contributed by atoms with E-state index >= 15 is 0 Å². The molecule has 1 rings (SSSR count). The molecule has 1 aromatic heterocycles. The number of nitrogens with two attached hydrogens (primary N) is 1. The summed E-state index contributed by atoms with van der Waals surface area (Å²) in [7, 11) is 2.13. The van der Waals surface area contributed by atoms with Gasteiger partial charge in [-0.05, 0) is 27.3 Å². The molecule has 0 aromatic carbocycles. The van der Waals surface area contributed by atoms with Gasteiger partial charge in [-0.2, -0.15) is 0 Å². The fraction of sp³-hybridized carbons (Fsp3) is 0.714. The SMILES string of the molecule is CCOCc1nc(N)cc(NCCN(C)C(C)CC)n1. The van der Waals surface area contributed by atoms with Gasteiger partial charge in [-0.1, -0.05) is 6.92 Å². The van der Waals surface area contributed by atoms with Gasteiger partial charge in [0.25, 0.3) is 0 Å². The number of nitrogens with zero attached hydrogens (tertiary/aromatic N) is 3. The minimum absolute atomic E-state index is 0.392. The first-order chi connectivity index (χ1) is 9.56. The number of anilines is 2. The van der Waals surface area contributed by atoms with Crippen LogP contribution < -0.4 is 11.1 Å². The van der Waals surface area contributed by atoms with E-state index in [4.69, 9.17) is 10.5 Å². The molecule has 0 amide bonds. The highest BCUT2D eigenvalue weighted by Gasteiger charge is 2.07. The minimum atomic E-state index is 0.392. The highest BCUT2D eigenvalue weighted by atomic mass is 16.5. The van der Waals surface area contributed by atoms with E-state index in [0.717, 1.165) is 25.3 Å². The quantitative estimate of drug-likeness (QED) is 0.718. The third kappa shape index (κ3) is 5.71. The van der Waals surface area contributed by atoms with Crippen LogP contribution in [-0.2, 0) is 11.3 Å². The monoisotopic (exact) mass is 281 g/mol. The molecule has 1 unspecified atom stereocenters. The number of aromatic nitrogens is 2. The first-order valence-corrected chi connectivity index (χ1v) is 7.22. The lowest BCUT2D eigenvalue weighted by molar-refractivity contribution is 0.128. The van der Waals surface area contributed by atoms with Gasteiger partial charge in [-0.15, -0.1) is 0 Å². The number of nitrogens with one attached hydrogen (secondary N) is 1. The molecule has 1 heterocycles. The van der Waals surface area contributed by atoms with Crippen LogP contribution in [-0.4, -0.2) is 47.7 Å². The van der Waals surface area contributed by atoms with Gasteiger partial charge in [0, 0.05) is 31.8 Å². The van der Waals surface area contributed by atoms with E-state index in [-0.39, 0.29) is 0 Å². The molecule has 0 saturated carbocycles. The van der Waals surface area contributed by atoms with Crippen molar-refractivity contribution in [3.05, 3.63) is 11.9 Å². The Hall–Kier alpha value is -1.40. The first kappa shape index (κ1) is 16.7. The Morgan fingerprint density at radius 2 is 2.15 bits per heavy atom. The van der Waals surface area contributed by atoms with Gasteiger partial charge in [0.1, 0.15) is 18.2 Å². The molecule has 114 valence electrons. The van der Waals surface area contributed by atoms with Gasteiger partial charge < -0.3 is 20.7 Å². The lowest BCUT2D eigenvalue weighted by atomic mass is 10.2. The molecule has 0 bridgehead atoms. The van der Waals surface area contributed by atoms with Gasteiger partial charge in [-0.25, -0.2) is 9.97 Å². The fourth-order valence-corrected chi connectivity index (χ4v) is 1.76. The summed E-state index contributed by atoms with van der Waals surface area (Å²) in [6.07, 6.45) is 1.15. The summed E-state index contributed by atoms with van der Waals surface area (Å²) in [6.45, 7) is 9.17. The predicted octanol–water partition coefficient (Wildman–Crippen LogP) is 1.74. The van der Waals surface area contributed by atoms with Crippen LogP contribution in [0, 0.1) is 0 Å². The Morgan fingerprint density at radius 1 is 1.40 bits per heavy atom. The molecule has 1 atom stereocenters. The average Bonchev–Trinajstić information content (AvgIpc) is 2.43. The summed E-state index contributed by atoms with van der Waals surface area (Å²) in [5.74, 6) is 1.84. The molecular formula is C14H27N5O. The van der Waals surface area contributed by atoms with E-state index in [2.05, 4.69) is 41.1 Å². The second-order valence-electron chi connectivity index (χ2n) is 4.90. The third-order valence-corrected chi connectivity index (χ3v) is 3.34. The van der Waals surface area contributed by atoms with Crippen LogP contribution in [0.2, 0.25) is 0 Å². The van der Waals surface area contributed by atoms with E-state index in [9.17, 15) is 0 Å². The van der Waals surface area contributed by atoms with Crippen molar-refractivity contribution in [1.82, 2.24) is 14.9 Å². The molecule has 6 nitrogen and oxygen atoms in total. The molecule has 6 heteroatoms. The number of rotatable bonds is 9. The standard InChI is InChI=1S/C14H27N5O/c1-5-11(3)19(4)8-7-16-13-9-12(15)17-14(18-13)10-20-6-2/h9,11H,5-8,10H2,1-4H3,(H3,15,16,17,18). The van der Waals surface area contributed by atoms with Crippen molar-refractivity contribution in [2.24, 2.45) is 0 Å². The maximum absolute atomic E-state index is 5.78. The van der Waals surface area contributed by atoms with Crippen LogP contribution in [0.25, 0.3) is 0 Å². The third-order valence-electron chi connectivity index (χ3n) is 3.34. The number of ether oxygens (including phenoxy) is 1. The van der Waals surface area contributed by atoms with Crippen molar-refractivity contribution in [1.29, 1.82) is 0 Å². The Labute approximate surface area is 121 Å². The predicted molar refractivity (Wildman–Crippen MR) is 82.6 cm³/mol. The second-order valence-corrected chi connectivity index (χ2v) is 4.90. The minimum Gasteiger partial charge on any atom is -0.384 e. The van der Waals surface area contributed by atoms with Gasteiger partial charge in [0.2, 0.25) is 0 Å².